The standard InChI is InChI=1S/C23H23N7O3/c1-29(2)17-6-4-5-15(26-17)8-9-16(31)20-22(24)28-21(23-25-11-12-33-23)19(27-20)14-7-10-18(32)30(3)13-14/h4-7,10-13H,8-9H2,1-3H3,(H2,24,28). The second kappa shape index (κ2) is 9.03. The number of oxazole rings is 1. The van der Waals surface area contributed by atoms with Crippen LogP contribution >= 0.6 is 0 Å². The van der Waals surface area contributed by atoms with Crippen LogP contribution in [0.5, 0.6) is 0 Å². The first kappa shape index (κ1) is 21.9. The lowest BCUT2D eigenvalue weighted by atomic mass is 10.1. The average molecular weight is 445 g/mol. The van der Waals surface area contributed by atoms with Crippen molar-refractivity contribution in [3.05, 3.63) is 70.7 Å². The van der Waals surface area contributed by atoms with Crippen molar-refractivity contribution in [2.75, 3.05) is 24.7 Å². The van der Waals surface area contributed by atoms with E-state index in [2.05, 4.69) is 19.9 Å². The fourth-order valence-electron chi connectivity index (χ4n) is 3.29. The van der Waals surface area contributed by atoms with E-state index >= 15 is 0 Å². The molecule has 2 N–H and O–H groups in total. The number of carbonyl (C=O) groups excluding carboxylic acids is 1. The third-order valence-corrected chi connectivity index (χ3v) is 5.04. The Kier molecular flexibility index (Phi) is 5.99. The summed E-state index contributed by atoms with van der Waals surface area (Å²) >= 11 is 0. The lowest BCUT2D eigenvalue weighted by molar-refractivity contribution is 0.0978. The maximum absolute atomic E-state index is 13.0. The van der Waals surface area contributed by atoms with Gasteiger partial charge in [0.15, 0.2) is 17.3 Å². The molecule has 10 nitrogen and oxygen atoms in total. The van der Waals surface area contributed by atoms with Gasteiger partial charge in [0.05, 0.1) is 6.20 Å². The number of nitrogens with zero attached hydrogens (tertiary/aromatic N) is 6. The number of aromatic nitrogens is 5. The summed E-state index contributed by atoms with van der Waals surface area (Å²) in [5.41, 5.74) is 7.99. The Morgan fingerprint density at radius 2 is 1.94 bits per heavy atom. The molecule has 0 bridgehead atoms. The molecular formula is C23H23N7O3. The van der Waals surface area contributed by atoms with E-state index in [1.54, 1.807) is 19.3 Å². The zero-order valence-corrected chi connectivity index (χ0v) is 18.5. The van der Waals surface area contributed by atoms with Crippen molar-refractivity contribution in [1.82, 2.24) is 24.5 Å². The Balaban J connectivity index is 1.70. The van der Waals surface area contributed by atoms with Gasteiger partial charge in [0.2, 0.25) is 11.4 Å². The topological polar surface area (TPSA) is 133 Å². The van der Waals surface area contributed by atoms with E-state index in [9.17, 15) is 9.59 Å². The van der Waals surface area contributed by atoms with E-state index in [0.717, 1.165) is 11.5 Å². The fraction of sp³-hybridized carbons (Fsp3) is 0.217. The summed E-state index contributed by atoms with van der Waals surface area (Å²) in [4.78, 5) is 44.4. The smallest absolute Gasteiger partial charge is 0.250 e. The molecule has 0 spiro atoms. The Labute approximate surface area is 189 Å². The number of hydrogen-bond donors (Lipinski definition) is 1. The Bertz CT molecular complexity index is 1360. The molecule has 4 aromatic rings. The molecule has 0 amide bonds. The number of carbonyl (C=O) groups is 1. The van der Waals surface area contributed by atoms with Gasteiger partial charge in [0.25, 0.3) is 0 Å². The second-order valence-corrected chi connectivity index (χ2v) is 7.66. The first-order valence-corrected chi connectivity index (χ1v) is 10.2. The van der Waals surface area contributed by atoms with Crippen LogP contribution in [0.2, 0.25) is 0 Å². The van der Waals surface area contributed by atoms with Crippen molar-refractivity contribution in [3.8, 4) is 22.8 Å². The van der Waals surface area contributed by atoms with E-state index in [4.69, 9.17) is 10.2 Å². The van der Waals surface area contributed by atoms with E-state index in [1.165, 1.54) is 23.1 Å². The molecule has 33 heavy (non-hydrogen) atoms. The van der Waals surface area contributed by atoms with Crippen molar-refractivity contribution >= 4 is 17.4 Å². The van der Waals surface area contributed by atoms with Crippen molar-refractivity contribution in [3.63, 3.8) is 0 Å². The molecule has 0 saturated heterocycles. The first-order valence-electron chi connectivity index (χ1n) is 10.2. The molecule has 0 aromatic carbocycles. The van der Waals surface area contributed by atoms with Crippen LogP contribution in [0.25, 0.3) is 22.8 Å². The van der Waals surface area contributed by atoms with Gasteiger partial charge in [-0.3, -0.25) is 9.59 Å². The van der Waals surface area contributed by atoms with Gasteiger partial charge < -0.3 is 19.6 Å². The highest BCUT2D eigenvalue weighted by Gasteiger charge is 2.22. The van der Waals surface area contributed by atoms with E-state index in [0.29, 0.717) is 17.7 Å². The summed E-state index contributed by atoms with van der Waals surface area (Å²) in [6, 6.07) is 8.70. The van der Waals surface area contributed by atoms with Gasteiger partial charge in [-0.2, -0.15) is 0 Å². The minimum Gasteiger partial charge on any atom is -0.443 e. The van der Waals surface area contributed by atoms with Crippen molar-refractivity contribution < 1.29 is 9.21 Å². The average Bonchev–Trinajstić information content (AvgIpc) is 3.34. The van der Waals surface area contributed by atoms with Crippen LogP contribution in [0.1, 0.15) is 22.6 Å². The molecule has 168 valence electrons. The zero-order valence-electron chi connectivity index (χ0n) is 18.5. The van der Waals surface area contributed by atoms with Crippen LogP contribution in [0.4, 0.5) is 11.6 Å². The summed E-state index contributed by atoms with van der Waals surface area (Å²) in [6.07, 6.45) is 5.09. The molecule has 4 rings (SSSR count). The predicted octanol–water partition coefficient (Wildman–Crippen LogP) is 2.36. The molecule has 4 heterocycles. The van der Waals surface area contributed by atoms with E-state index in [1.807, 2.05) is 37.2 Å². The molecule has 0 aliphatic carbocycles. The van der Waals surface area contributed by atoms with Crippen molar-refractivity contribution in [2.45, 2.75) is 12.8 Å². The molecule has 0 saturated carbocycles. The van der Waals surface area contributed by atoms with Crippen LogP contribution < -0.4 is 16.2 Å². The summed E-state index contributed by atoms with van der Waals surface area (Å²) < 4.78 is 6.81. The molecule has 0 radical (unpaired) electrons. The molecule has 0 atom stereocenters. The normalized spacial score (nSPS) is 10.9. The number of anilines is 2. The number of ketones is 1. The van der Waals surface area contributed by atoms with E-state index in [-0.39, 0.29) is 40.9 Å². The summed E-state index contributed by atoms with van der Waals surface area (Å²) in [6.45, 7) is 0. The van der Waals surface area contributed by atoms with Crippen LogP contribution in [0, 0.1) is 0 Å². The molecule has 0 unspecified atom stereocenters. The van der Waals surface area contributed by atoms with Crippen LogP contribution in [-0.2, 0) is 13.5 Å². The quantitative estimate of drug-likeness (QED) is 0.426. The number of nitrogens with two attached hydrogens (primary N) is 1. The number of hydrogen-bond acceptors (Lipinski definition) is 9. The minimum atomic E-state index is -0.262. The van der Waals surface area contributed by atoms with Gasteiger partial charge in [0, 0.05) is 51.1 Å². The second-order valence-electron chi connectivity index (χ2n) is 7.66. The largest absolute Gasteiger partial charge is 0.443 e. The van der Waals surface area contributed by atoms with Gasteiger partial charge in [-0.25, -0.2) is 19.9 Å². The molecule has 10 heteroatoms. The Hall–Kier alpha value is -4.34. The molecule has 0 fully saturated rings. The van der Waals surface area contributed by atoms with Crippen molar-refractivity contribution in [1.29, 1.82) is 0 Å². The number of aryl methyl sites for hydroxylation is 2. The number of rotatable bonds is 7. The first-order chi connectivity index (χ1) is 15.8. The van der Waals surface area contributed by atoms with Gasteiger partial charge in [-0.1, -0.05) is 6.07 Å². The lowest BCUT2D eigenvalue weighted by Crippen LogP contribution is -2.16. The highest BCUT2D eigenvalue weighted by molar-refractivity contribution is 5.99. The third kappa shape index (κ3) is 4.64. The Morgan fingerprint density at radius 1 is 1.12 bits per heavy atom. The van der Waals surface area contributed by atoms with Gasteiger partial charge in [-0.15, -0.1) is 0 Å². The molecule has 0 aliphatic rings. The van der Waals surface area contributed by atoms with E-state index < -0.39 is 0 Å². The van der Waals surface area contributed by atoms with Crippen LogP contribution in [-0.4, -0.2) is 44.4 Å². The lowest BCUT2D eigenvalue weighted by Gasteiger charge is -2.13. The maximum atomic E-state index is 13.0. The third-order valence-electron chi connectivity index (χ3n) is 5.04. The summed E-state index contributed by atoms with van der Waals surface area (Å²) in [5.74, 6) is 0.743. The predicted molar refractivity (Wildman–Crippen MR) is 124 cm³/mol. The molecule has 4 aromatic heterocycles. The van der Waals surface area contributed by atoms with Crippen LogP contribution in [0.15, 0.2) is 58.2 Å². The number of nitrogen functional groups attached to an aromatic ring is 1. The van der Waals surface area contributed by atoms with Crippen molar-refractivity contribution in [2.24, 2.45) is 7.05 Å². The highest BCUT2D eigenvalue weighted by Crippen LogP contribution is 2.30. The SMILES string of the molecule is CN(C)c1cccc(CCC(=O)c2nc(-c3ccc(=O)n(C)c3)c(-c3ncco3)nc2N)n1. The monoisotopic (exact) mass is 445 g/mol. The summed E-state index contributed by atoms with van der Waals surface area (Å²) in [5, 5.41) is 0. The highest BCUT2D eigenvalue weighted by atomic mass is 16.3. The zero-order chi connectivity index (χ0) is 23.5. The van der Waals surface area contributed by atoms with Gasteiger partial charge in [0.1, 0.15) is 23.5 Å². The van der Waals surface area contributed by atoms with Gasteiger partial charge in [-0.05, 0) is 24.6 Å². The minimum absolute atomic E-state index is 0.0169. The van der Waals surface area contributed by atoms with Gasteiger partial charge >= 0.3 is 0 Å². The summed E-state index contributed by atoms with van der Waals surface area (Å²) in [7, 11) is 5.44. The van der Waals surface area contributed by atoms with Crippen LogP contribution in [0.3, 0.4) is 0 Å². The number of Topliss-reactive ketones (excluding diaryl/α,β-unsaturated/α-hetero) is 1. The molecular weight excluding hydrogens is 422 g/mol. The maximum Gasteiger partial charge on any atom is 0.250 e. The number of pyridine rings is 2. The molecule has 0 aliphatic heterocycles. The fourth-order valence-corrected chi connectivity index (χ4v) is 3.29. The Morgan fingerprint density at radius 3 is 2.64 bits per heavy atom.